The van der Waals surface area contributed by atoms with Gasteiger partial charge in [-0.15, -0.1) is 0 Å². The number of anilines is 3. The number of aromatic nitrogens is 2. The molecule has 0 spiro atoms. The van der Waals surface area contributed by atoms with Crippen LogP contribution in [0, 0.1) is 20.8 Å². The number of rotatable bonds is 5. The van der Waals surface area contributed by atoms with Crippen molar-refractivity contribution in [3.63, 3.8) is 0 Å². The Morgan fingerprint density at radius 1 is 1.09 bits per heavy atom. The Hall–Kier alpha value is -2.82. The lowest BCUT2D eigenvalue weighted by molar-refractivity contribution is 0.518. The van der Waals surface area contributed by atoms with E-state index < -0.39 is 0 Å². The molecule has 0 saturated heterocycles. The van der Waals surface area contributed by atoms with Crippen molar-refractivity contribution in [2.24, 2.45) is 0 Å². The zero-order valence-corrected chi connectivity index (χ0v) is 13.6. The molecule has 23 heavy (non-hydrogen) atoms. The average molecular weight is 308 g/mol. The van der Waals surface area contributed by atoms with E-state index in [1.807, 2.05) is 18.2 Å². The third kappa shape index (κ3) is 3.69. The van der Waals surface area contributed by atoms with Crippen molar-refractivity contribution in [3.05, 3.63) is 65.2 Å². The molecule has 2 heterocycles. The van der Waals surface area contributed by atoms with Crippen LogP contribution < -0.4 is 10.6 Å². The minimum absolute atomic E-state index is 0.574. The van der Waals surface area contributed by atoms with Gasteiger partial charge in [0.05, 0.1) is 12.8 Å². The molecular weight excluding hydrogens is 288 g/mol. The molecule has 1 aromatic carbocycles. The zero-order chi connectivity index (χ0) is 16.2. The predicted molar refractivity (Wildman–Crippen MR) is 92.0 cm³/mol. The smallest absolute Gasteiger partial charge is 0.229 e. The molecule has 0 aliphatic rings. The van der Waals surface area contributed by atoms with Gasteiger partial charge in [-0.3, -0.25) is 0 Å². The van der Waals surface area contributed by atoms with Gasteiger partial charge in [0.2, 0.25) is 5.95 Å². The van der Waals surface area contributed by atoms with E-state index in [1.54, 1.807) is 12.5 Å². The Kier molecular flexibility index (Phi) is 4.28. The Bertz CT molecular complexity index is 774. The highest BCUT2D eigenvalue weighted by atomic mass is 16.3. The molecule has 0 radical (unpaired) electrons. The van der Waals surface area contributed by atoms with E-state index in [0.29, 0.717) is 12.5 Å². The lowest BCUT2D eigenvalue weighted by Gasteiger charge is -2.13. The molecule has 0 bridgehead atoms. The first-order chi connectivity index (χ1) is 11.1. The molecule has 5 heteroatoms. The summed E-state index contributed by atoms with van der Waals surface area (Å²) in [6.45, 7) is 6.86. The number of aryl methyl sites for hydroxylation is 3. The summed E-state index contributed by atoms with van der Waals surface area (Å²) in [5, 5.41) is 6.54. The maximum Gasteiger partial charge on any atom is 0.229 e. The fourth-order valence-corrected chi connectivity index (χ4v) is 2.60. The second-order valence-electron chi connectivity index (χ2n) is 5.60. The molecule has 0 saturated carbocycles. The van der Waals surface area contributed by atoms with Gasteiger partial charge in [0.1, 0.15) is 11.6 Å². The summed E-state index contributed by atoms with van der Waals surface area (Å²) in [6, 6.07) is 9.92. The van der Waals surface area contributed by atoms with Gasteiger partial charge >= 0.3 is 0 Å². The van der Waals surface area contributed by atoms with Crippen LogP contribution in [0.3, 0.4) is 0 Å². The lowest BCUT2D eigenvalue weighted by atomic mass is 10.1. The summed E-state index contributed by atoms with van der Waals surface area (Å²) in [5.41, 5.74) is 4.67. The molecular formula is C18H20N4O. The van der Waals surface area contributed by atoms with Gasteiger partial charge in [0, 0.05) is 11.9 Å². The van der Waals surface area contributed by atoms with Crippen LogP contribution in [0.15, 0.2) is 47.2 Å². The maximum absolute atomic E-state index is 5.30. The van der Waals surface area contributed by atoms with Crippen molar-refractivity contribution in [2.45, 2.75) is 27.3 Å². The van der Waals surface area contributed by atoms with Crippen molar-refractivity contribution in [1.29, 1.82) is 0 Å². The van der Waals surface area contributed by atoms with Crippen molar-refractivity contribution in [1.82, 2.24) is 9.97 Å². The largest absolute Gasteiger partial charge is 0.467 e. The van der Waals surface area contributed by atoms with Crippen molar-refractivity contribution in [2.75, 3.05) is 10.6 Å². The monoisotopic (exact) mass is 308 g/mol. The highest BCUT2D eigenvalue weighted by Gasteiger charge is 2.07. The van der Waals surface area contributed by atoms with Gasteiger partial charge in [-0.25, -0.2) is 4.98 Å². The van der Waals surface area contributed by atoms with Gasteiger partial charge in [0.25, 0.3) is 0 Å². The molecule has 3 aromatic rings. The van der Waals surface area contributed by atoms with E-state index in [0.717, 1.165) is 17.3 Å². The lowest BCUT2D eigenvalue weighted by Crippen LogP contribution is -2.05. The fraction of sp³-hybridized carbons (Fsp3) is 0.222. The molecule has 0 amide bonds. The molecule has 0 atom stereocenters. The maximum atomic E-state index is 5.30. The van der Waals surface area contributed by atoms with Gasteiger partial charge in [-0.2, -0.15) is 4.98 Å². The fourth-order valence-electron chi connectivity index (χ4n) is 2.60. The van der Waals surface area contributed by atoms with Crippen LogP contribution in [0.25, 0.3) is 0 Å². The zero-order valence-electron chi connectivity index (χ0n) is 13.6. The summed E-state index contributed by atoms with van der Waals surface area (Å²) in [5.74, 6) is 2.19. The highest BCUT2D eigenvalue weighted by Crippen LogP contribution is 2.24. The quantitative estimate of drug-likeness (QED) is 0.733. The molecule has 5 nitrogen and oxygen atoms in total. The second kappa shape index (κ2) is 6.52. The predicted octanol–water partition coefficient (Wildman–Crippen LogP) is 4.35. The average Bonchev–Trinajstić information content (AvgIpc) is 3.03. The van der Waals surface area contributed by atoms with Gasteiger partial charge < -0.3 is 15.1 Å². The second-order valence-corrected chi connectivity index (χ2v) is 5.60. The number of furan rings is 1. The van der Waals surface area contributed by atoms with E-state index in [2.05, 4.69) is 53.5 Å². The van der Waals surface area contributed by atoms with E-state index >= 15 is 0 Å². The summed E-state index contributed by atoms with van der Waals surface area (Å²) in [4.78, 5) is 8.80. The van der Waals surface area contributed by atoms with Crippen LogP contribution >= 0.6 is 0 Å². The molecule has 0 aliphatic heterocycles. The first kappa shape index (κ1) is 15.1. The van der Waals surface area contributed by atoms with Crippen LogP contribution in [0.4, 0.5) is 17.5 Å². The van der Waals surface area contributed by atoms with E-state index in [9.17, 15) is 0 Å². The minimum atomic E-state index is 0.574. The van der Waals surface area contributed by atoms with Gasteiger partial charge in [-0.05, 0) is 50.1 Å². The molecule has 3 rings (SSSR count). The molecule has 0 aliphatic carbocycles. The highest BCUT2D eigenvalue weighted by molar-refractivity contribution is 5.64. The van der Waals surface area contributed by atoms with Crippen LogP contribution in [0.1, 0.15) is 22.5 Å². The number of hydrogen-bond donors (Lipinski definition) is 2. The number of nitrogens with one attached hydrogen (secondary N) is 2. The summed E-state index contributed by atoms with van der Waals surface area (Å²) < 4.78 is 5.30. The molecule has 0 fully saturated rings. The molecule has 0 unspecified atom stereocenters. The Balaban J connectivity index is 1.75. The van der Waals surface area contributed by atoms with Crippen molar-refractivity contribution < 1.29 is 4.42 Å². The number of nitrogens with zero attached hydrogens (tertiary/aromatic N) is 2. The van der Waals surface area contributed by atoms with E-state index in [-0.39, 0.29) is 0 Å². The molecule has 2 N–H and O–H groups in total. The molecule has 118 valence electrons. The minimum Gasteiger partial charge on any atom is -0.467 e. The summed E-state index contributed by atoms with van der Waals surface area (Å²) >= 11 is 0. The Morgan fingerprint density at radius 3 is 2.57 bits per heavy atom. The number of hydrogen-bond acceptors (Lipinski definition) is 5. The first-order valence-electron chi connectivity index (χ1n) is 7.56. The summed E-state index contributed by atoms with van der Waals surface area (Å²) in [7, 11) is 0. The van der Waals surface area contributed by atoms with Crippen molar-refractivity contribution in [3.8, 4) is 0 Å². The normalized spacial score (nSPS) is 10.6. The SMILES string of the molecule is Cc1cc(C)c(Nc2nccc(NCc3ccco3)n2)c(C)c1. The van der Waals surface area contributed by atoms with Crippen LogP contribution in [0.5, 0.6) is 0 Å². The third-order valence-corrected chi connectivity index (χ3v) is 3.59. The van der Waals surface area contributed by atoms with Crippen LogP contribution in [-0.4, -0.2) is 9.97 Å². The van der Waals surface area contributed by atoms with Gasteiger partial charge in [0.15, 0.2) is 0 Å². The number of benzene rings is 1. The van der Waals surface area contributed by atoms with Crippen LogP contribution in [0.2, 0.25) is 0 Å². The standard InChI is InChI=1S/C18H20N4O/c1-12-9-13(2)17(14(3)10-12)22-18-19-7-6-16(21-18)20-11-15-5-4-8-23-15/h4-10H,11H2,1-3H3,(H2,19,20,21,22). The molecule has 2 aromatic heterocycles. The van der Waals surface area contributed by atoms with Gasteiger partial charge in [-0.1, -0.05) is 17.7 Å². The van der Waals surface area contributed by atoms with Crippen molar-refractivity contribution >= 4 is 17.5 Å². The van der Waals surface area contributed by atoms with E-state index in [1.165, 1.54) is 16.7 Å². The Morgan fingerprint density at radius 2 is 1.87 bits per heavy atom. The topological polar surface area (TPSA) is 63.0 Å². The third-order valence-electron chi connectivity index (χ3n) is 3.59. The van der Waals surface area contributed by atoms with Crippen LogP contribution in [-0.2, 0) is 6.54 Å². The Labute approximate surface area is 135 Å². The first-order valence-corrected chi connectivity index (χ1v) is 7.56. The summed E-state index contributed by atoms with van der Waals surface area (Å²) in [6.07, 6.45) is 3.39. The van der Waals surface area contributed by atoms with E-state index in [4.69, 9.17) is 4.42 Å².